The molecule has 0 saturated carbocycles. The first-order valence-corrected chi connectivity index (χ1v) is 8.55. The summed E-state index contributed by atoms with van der Waals surface area (Å²) in [6.45, 7) is 4.73. The van der Waals surface area contributed by atoms with E-state index in [1.807, 2.05) is 41.9 Å². The first-order chi connectivity index (χ1) is 12.5. The van der Waals surface area contributed by atoms with Crippen molar-refractivity contribution in [1.29, 1.82) is 0 Å². The number of H-pyrrole nitrogens is 1. The molecule has 0 unspecified atom stereocenters. The maximum atomic E-state index is 12.9. The van der Waals surface area contributed by atoms with Crippen LogP contribution >= 0.6 is 0 Å². The summed E-state index contributed by atoms with van der Waals surface area (Å²) >= 11 is 0. The minimum absolute atomic E-state index is 0.152. The molecule has 7 heteroatoms. The maximum Gasteiger partial charge on any atom is 0.260 e. The number of fused-ring (bicyclic) bond motifs is 1. The molecule has 0 fully saturated rings. The van der Waals surface area contributed by atoms with Gasteiger partial charge >= 0.3 is 0 Å². The minimum atomic E-state index is -0.362. The highest BCUT2D eigenvalue weighted by atomic mass is 16.2. The molecule has 4 rings (SSSR count). The normalized spacial score (nSPS) is 16.4. The lowest BCUT2D eigenvalue weighted by molar-refractivity contribution is 0.0629. The molecule has 26 heavy (non-hydrogen) atoms. The van der Waals surface area contributed by atoms with Crippen molar-refractivity contribution < 1.29 is 4.79 Å². The molecule has 2 aromatic heterocycles. The second-order valence-electron chi connectivity index (χ2n) is 6.44. The van der Waals surface area contributed by atoms with Crippen LogP contribution in [0.1, 0.15) is 34.8 Å². The number of rotatable bonds is 2. The Bertz CT molecular complexity index is 1020. The van der Waals surface area contributed by atoms with Crippen LogP contribution in [0.5, 0.6) is 0 Å². The van der Waals surface area contributed by atoms with E-state index in [-0.39, 0.29) is 23.1 Å². The van der Waals surface area contributed by atoms with Gasteiger partial charge in [0.2, 0.25) is 0 Å². The van der Waals surface area contributed by atoms with Crippen LogP contribution in [0.25, 0.3) is 11.4 Å². The first kappa shape index (κ1) is 16.3. The molecule has 3 heterocycles. The Morgan fingerprint density at radius 3 is 2.65 bits per heavy atom. The van der Waals surface area contributed by atoms with Crippen LogP contribution in [-0.2, 0) is 6.54 Å². The fraction of sp³-hybridized carbons (Fsp3) is 0.263. The summed E-state index contributed by atoms with van der Waals surface area (Å²) in [5.74, 6) is 1.09. The fourth-order valence-corrected chi connectivity index (χ4v) is 3.25. The third kappa shape index (κ3) is 2.71. The Balaban J connectivity index is 1.66. The van der Waals surface area contributed by atoms with Crippen LogP contribution < -0.4 is 5.56 Å². The molecule has 1 aromatic carbocycles. The SMILES string of the molecule is Cc1ccc(C(=O)N2CCn3nc(-c4ccccc4)nc3[C@@H]2C)c(=O)[nH]1. The molecular weight excluding hydrogens is 330 g/mol. The summed E-state index contributed by atoms with van der Waals surface area (Å²) in [4.78, 5) is 34.0. The van der Waals surface area contributed by atoms with Gasteiger partial charge in [-0.2, -0.15) is 5.10 Å². The average Bonchev–Trinajstić information content (AvgIpc) is 3.08. The van der Waals surface area contributed by atoms with Crippen molar-refractivity contribution in [2.75, 3.05) is 6.54 Å². The van der Waals surface area contributed by atoms with Crippen molar-refractivity contribution in [1.82, 2.24) is 24.6 Å². The van der Waals surface area contributed by atoms with E-state index in [1.54, 1.807) is 24.0 Å². The van der Waals surface area contributed by atoms with E-state index in [0.717, 1.165) is 17.1 Å². The molecule has 0 spiro atoms. The van der Waals surface area contributed by atoms with Crippen LogP contribution in [0.4, 0.5) is 0 Å². The van der Waals surface area contributed by atoms with Gasteiger partial charge in [0, 0.05) is 17.8 Å². The number of amides is 1. The van der Waals surface area contributed by atoms with Gasteiger partial charge in [0.1, 0.15) is 11.4 Å². The number of carbonyl (C=O) groups is 1. The molecule has 1 aliphatic heterocycles. The van der Waals surface area contributed by atoms with Crippen LogP contribution in [0.3, 0.4) is 0 Å². The van der Waals surface area contributed by atoms with Gasteiger partial charge in [0.25, 0.3) is 11.5 Å². The largest absolute Gasteiger partial charge is 0.327 e. The molecule has 1 N–H and O–H groups in total. The summed E-state index contributed by atoms with van der Waals surface area (Å²) in [6.07, 6.45) is 0. The molecule has 1 atom stereocenters. The molecule has 1 amide bonds. The Hall–Kier alpha value is -3.22. The average molecular weight is 349 g/mol. The monoisotopic (exact) mass is 349 g/mol. The standard InChI is InChI=1S/C19H19N5O2/c1-12-8-9-15(18(25)20-12)19(26)23-10-11-24-17(13(23)2)21-16(22-24)14-6-4-3-5-7-14/h3-9,13H,10-11H2,1-2H3,(H,20,25)/t13-/m0/s1. The smallest absolute Gasteiger partial charge is 0.260 e. The zero-order valence-corrected chi connectivity index (χ0v) is 14.6. The number of carbonyl (C=O) groups excluding carboxylic acids is 1. The lowest BCUT2D eigenvalue weighted by Crippen LogP contribution is -2.43. The number of benzene rings is 1. The van der Waals surface area contributed by atoms with Gasteiger partial charge in [-0.05, 0) is 26.0 Å². The number of aromatic nitrogens is 4. The van der Waals surface area contributed by atoms with E-state index in [2.05, 4.69) is 15.1 Å². The van der Waals surface area contributed by atoms with E-state index in [9.17, 15) is 9.59 Å². The maximum absolute atomic E-state index is 12.9. The second-order valence-corrected chi connectivity index (χ2v) is 6.44. The van der Waals surface area contributed by atoms with Gasteiger partial charge in [-0.15, -0.1) is 0 Å². The number of nitrogens with one attached hydrogen (secondary N) is 1. The highest BCUT2D eigenvalue weighted by Crippen LogP contribution is 2.27. The van der Waals surface area contributed by atoms with E-state index in [0.29, 0.717) is 18.9 Å². The van der Waals surface area contributed by atoms with E-state index < -0.39 is 0 Å². The number of pyridine rings is 1. The van der Waals surface area contributed by atoms with E-state index >= 15 is 0 Å². The van der Waals surface area contributed by atoms with Crippen molar-refractivity contribution in [3.63, 3.8) is 0 Å². The van der Waals surface area contributed by atoms with Crippen molar-refractivity contribution in [3.8, 4) is 11.4 Å². The van der Waals surface area contributed by atoms with Gasteiger partial charge in [-0.25, -0.2) is 9.67 Å². The number of aryl methyl sites for hydroxylation is 1. The Morgan fingerprint density at radius 2 is 1.92 bits per heavy atom. The van der Waals surface area contributed by atoms with Crippen LogP contribution in [0.15, 0.2) is 47.3 Å². The third-order valence-electron chi connectivity index (χ3n) is 4.67. The summed E-state index contributed by atoms with van der Waals surface area (Å²) < 4.78 is 1.84. The number of hydrogen-bond acceptors (Lipinski definition) is 4. The lowest BCUT2D eigenvalue weighted by atomic mass is 10.1. The molecule has 1 aliphatic rings. The van der Waals surface area contributed by atoms with Crippen molar-refractivity contribution >= 4 is 5.91 Å². The van der Waals surface area contributed by atoms with Crippen LogP contribution in [0.2, 0.25) is 0 Å². The first-order valence-electron chi connectivity index (χ1n) is 8.55. The second kappa shape index (κ2) is 6.25. The van der Waals surface area contributed by atoms with Crippen molar-refractivity contribution in [2.24, 2.45) is 0 Å². The van der Waals surface area contributed by atoms with Gasteiger partial charge < -0.3 is 9.88 Å². The Kier molecular flexibility index (Phi) is 3.91. The van der Waals surface area contributed by atoms with Crippen molar-refractivity contribution in [2.45, 2.75) is 26.4 Å². The molecular formula is C19H19N5O2. The molecule has 0 radical (unpaired) electrons. The summed E-state index contributed by atoms with van der Waals surface area (Å²) in [6, 6.07) is 12.8. The molecule has 0 bridgehead atoms. The summed E-state index contributed by atoms with van der Waals surface area (Å²) in [5.41, 5.74) is 1.46. The zero-order chi connectivity index (χ0) is 18.3. The van der Waals surface area contributed by atoms with Gasteiger partial charge in [-0.1, -0.05) is 30.3 Å². The number of hydrogen-bond donors (Lipinski definition) is 1. The number of aromatic amines is 1. The highest BCUT2D eigenvalue weighted by Gasteiger charge is 2.32. The minimum Gasteiger partial charge on any atom is -0.327 e. The van der Waals surface area contributed by atoms with E-state index in [4.69, 9.17) is 0 Å². The highest BCUT2D eigenvalue weighted by molar-refractivity contribution is 5.94. The Morgan fingerprint density at radius 1 is 1.15 bits per heavy atom. The lowest BCUT2D eigenvalue weighted by Gasteiger charge is -2.32. The fourth-order valence-electron chi connectivity index (χ4n) is 3.25. The van der Waals surface area contributed by atoms with Crippen LogP contribution in [0, 0.1) is 6.92 Å². The molecule has 132 valence electrons. The van der Waals surface area contributed by atoms with Crippen molar-refractivity contribution in [3.05, 3.63) is 69.9 Å². The predicted molar refractivity (Wildman–Crippen MR) is 96.7 cm³/mol. The topological polar surface area (TPSA) is 83.9 Å². The van der Waals surface area contributed by atoms with Gasteiger partial charge in [0.15, 0.2) is 5.82 Å². The number of nitrogens with zero attached hydrogens (tertiary/aromatic N) is 4. The predicted octanol–water partition coefficient (Wildman–Crippen LogP) is 2.16. The van der Waals surface area contributed by atoms with Gasteiger partial charge in [-0.3, -0.25) is 9.59 Å². The summed E-state index contributed by atoms with van der Waals surface area (Å²) in [5, 5.41) is 4.57. The molecule has 0 aliphatic carbocycles. The molecule has 0 saturated heterocycles. The van der Waals surface area contributed by atoms with Gasteiger partial charge in [0.05, 0.1) is 12.6 Å². The third-order valence-corrected chi connectivity index (χ3v) is 4.67. The molecule has 7 nitrogen and oxygen atoms in total. The molecule has 3 aromatic rings. The zero-order valence-electron chi connectivity index (χ0n) is 14.6. The quantitative estimate of drug-likeness (QED) is 0.768. The van der Waals surface area contributed by atoms with E-state index in [1.165, 1.54) is 0 Å². The van der Waals surface area contributed by atoms with Crippen LogP contribution in [-0.4, -0.2) is 37.1 Å². The summed E-state index contributed by atoms with van der Waals surface area (Å²) in [7, 11) is 0. The Labute approximate surface area is 150 Å².